The second kappa shape index (κ2) is 6.57. The average molecular weight is 257 g/mol. The van der Waals surface area contributed by atoms with Crippen molar-refractivity contribution in [3.8, 4) is 0 Å². The van der Waals surface area contributed by atoms with Gasteiger partial charge in [-0.05, 0) is 37.8 Å². The lowest BCUT2D eigenvalue weighted by molar-refractivity contribution is 0.643. The Labute approximate surface area is 105 Å². The van der Waals surface area contributed by atoms with Gasteiger partial charge in [0.2, 0.25) is 0 Å². The summed E-state index contributed by atoms with van der Waals surface area (Å²) in [4.78, 5) is 0. The third kappa shape index (κ3) is 4.39. The Morgan fingerprint density at radius 1 is 1.31 bits per heavy atom. The Balaban J connectivity index is 1.61. The fourth-order valence-corrected chi connectivity index (χ4v) is 2.93. The smallest absolute Gasteiger partial charge is 0.118 e. The van der Waals surface area contributed by atoms with E-state index in [2.05, 4.69) is 21.8 Å². The van der Waals surface area contributed by atoms with E-state index in [1.54, 1.807) is 11.3 Å². The maximum absolute atomic E-state index is 4.23. The van der Waals surface area contributed by atoms with Gasteiger partial charge in [0, 0.05) is 18.9 Å². The Bertz CT molecular complexity index is 310. The van der Waals surface area contributed by atoms with Gasteiger partial charge in [-0.15, -0.1) is 21.5 Å². The first kappa shape index (κ1) is 12.3. The molecule has 5 heteroatoms. The topological polar surface area (TPSA) is 37.8 Å². The van der Waals surface area contributed by atoms with E-state index in [9.17, 15) is 0 Å². The van der Waals surface area contributed by atoms with E-state index in [1.165, 1.54) is 29.3 Å². The van der Waals surface area contributed by atoms with Crippen molar-refractivity contribution in [2.45, 2.75) is 38.1 Å². The zero-order valence-corrected chi connectivity index (χ0v) is 11.4. The predicted molar refractivity (Wildman–Crippen MR) is 71.3 cm³/mol. The number of aromatic nitrogens is 2. The second-order valence-corrected chi connectivity index (χ2v) is 6.30. The summed E-state index contributed by atoms with van der Waals surface area (Å²) >= 11 is 3.65. The van der Waals surface area contributed by atoms with Gasteiger partial charge in [0.25, 0.3) is 0 Å². The lowest BCUT2D eigenvalue weighted by atomic mass is 10.3. The number of thioether (sulfide) groups is 1. The fraction of sp³-hybridized carbons (Fsp3) is 0.818. The molecule has 1 aliphatic carbocycles. The van der Waals surface area contributed by atoms with Gasteiger partial charge in [0.1, 0.15) is 10.0 Å². The van der Waals surface area contributed by atoms with Crippen molar-refractivity contribution in [1.29, 1.82) is 0 Å². The van der Waals surface area contributed by atoms with E-state index >= 15 is 0 Å². The minimum Gasteiger partial charge on any atom is -0.314 e. The van der Waals surface area contributed by atoms with Crippen molar-refractivity contribution >= 4 is 23.1 Å². The molecule has 0 unspecified atom stereocenters. The molecule has 0 radical (unpaired) electrons. The maximum Gasteiger partial charge on any atom is 0.118 e. The molecule has 1 heterocycles. The highest BCUT2D eigenvalue weighted by molar-refractivity contribution is 7.98. The summed E-state index contributed by atoms with van der Waals surface area (Å²) < 4.78 is 0. The van der Waals surface area contributed by atoms with Crippen molar-refractivity contribution < 1.29 is 0 Å². The minimum absolute atomic E-state index is 0.826. The molecule has 1 aliphatic rings. The zero-order chi connectivity index (χ0) is 11.2. The van der Waals surface area contributed by atoms with E-state index in [0.29, 0.717) is 0 Å². The summed E-state index contributed by atoms with van der Waals surface area (Å²) in [5, 5.41) is 14.4. The molecule has 0 atom stereocenters. The molecule has 1 aromatic rings. The first-order chi connectivity index (χ1) is 7.88. The van der Waals surface area contributed by atoms with Crippen LogP contribution in [0.5, 0.6) is 0 Å². The lowest BCUT2D eigenvalue weighted by Crippen LogP contribution is -2.17. The lowest BCUT2D eigenvalue weighted by Gasteiger charge is -1.99. The van der Waals surface area contributed by atoms with Crippen LogP contribution < -0.4 is 5.32 Å². The van der Waals surface area contributed by atoms with Crippen LogP contribution in [0.2, 0.25) is 0 Å². The van der Waals surface area contributed by atoms with Crippen LogP contribution in [0.1, 0.15) is 29.3 Å². The Kier molecular flexibility index (Phi) is 5.06. The average Bonchev–Trinajstić information content (AvgIpc) is 3.01. The van der Waals surface area contributed by atoms with Crippen LogP contribution in [0, 0.1) is 0 Å². The monoisotopic (exact) mass is 257 g/mol. The molecule has 16 heavy (non-hydrogen) atoms. The van der Waals surface area contributed by atoms with E-state index in [-0.39, 0.29) is 0 Å². The van der Waals surface area contributed by atoms with E-state index < -0.39 is 0 Å². The van der Waals surface area contributed by atoms with Crippen LogP contribution >= 0.6 is 23.1 Å². The zero-order valence-electron chi connectivity index (χ0n) is 9.74. The van der Waals surface area contributed by atoms with Gasteiger partial charge in [-0.2, -0.15) is 11.8 Å². The standard InChI is InChI=1S/C11H19N3S2/c1-15-8-6-11-14-13-10(16-11)3-2-7-12-9-4-5-9/h9,12H,2-8H2,1H3. The minimum atomic E-state index is 0.826. The summed E-state index contributed by atoms with van der Waals surface area (Å²) in [5.74, 6) is 1.15. The Morgan fingerprint density at radius 3 is 2.75 bits per heavy atom. The van der Waals surface area contributed by atoms with Gasteiger partial charge >= 0.3 is 0 Å². The van der Waals surface area contributed by atoms with Crippen molar-refractivity contribution in [2.24, 2.45) is 0 Å². The van der Waals surface area contributed by atoms with E-state index in [4.69, 9.17) is 0 Å². The van der Waals surface area contributed by atoms with Crippen LogP contribution in [0.3, 0.4) is 0 Å². The largest absolute Gasteiger partial charge is 0.314 e. The van der Waals surface area contributed by atoms with Gasteiger partial charge in [0.15, 0.2) is 0 Å². The molecule has 0 saturated heterocycles. The molecule has 90 valence electrons. The van der Waals surface area contributed by atoms with Crippen LogP contribution in [-0.4, -0.2) is 34.8 Å². The molecule has 1 aromatic heterocycles. The van der Waals surface area contributed by atoms with Crippen molar-refractivity contribution in [2.75, 3.05) is 18.6 Å². The third-order valence-electron chi connectivity index (χ3n) is 2.61. The molecule has 2 rings (SSSR count). The van der Waals surface area contributed by atoms with Gasteiger partial charge in [-0.1, -0.05) is 0 Å². The fourth-order valence-electron chi connectivity index (χ4n) is 1.51. The van der Waals surface area contributed by atoms with Crippen LogP contribution in [0.15, 0.2) is 0 Å². The maximum atomic E-state index is 4.23. The SMILES string of the molecule is CSCCc1nnc(CCCNC2CC2)s1. The molecule has 0 bridgehead atoms. The van der Waals surface area contributed by atoms with Crippen LogP contribution in [-0.2, 0) is 12.8 Å². The summed E-state index contributed by atoms with van der Waals surface area (Å²) in [6, 6.07) is 0.826. The highest BCUT2D eigenvalue weighted by Crippen LogP contribution is 2.18. The Hall–Kier alpha value is -0.130. The molecule has 1 N–H and O–H groups in total. The highest BCUT2D eigenvalue weighted by atomic mass is 32.2. The summed E-state index contributed by atoms with van der Waals surface area (Å²) in [5.41, 5.74) is 0. The van der Waals surface area contributed by atoms with E-state index in [0.717, 1.165) is 31.2 Å². The molecular formula is C11H19N3S2. The van der Waals surface area contributed by atoms with Crippen LogP contribution in [0.4, 0.5) is 0 Å². The van der Waals surface area contributed by atoms with Gasteiger partial charge in [-0.25, -0.2) is 0 Å². The quantitative estimate of drug-likeness (QED) is 0.724. The van der Waals surface area contributed by atoms with Crippen molar-refractivity contribution in [1.82, 2.24) is 15.5 Å². The number of aryl methyl sites for hydroxylation is 2. The third-order valence-corrected chi connectivity index (χ3v) is 4.26. The second-order valence-electron chi connectivity index (χ2n) is 4.16. The van der Waals surface area contributed by atoms with Crippen molar-refractivity contribution in [3.63, 3.8) is 0 Å². The highest BCUT2D eigenvalue weighted by Gasteiger charge is 2.19. The van der Waals surface area contributed by atoms with Gasteiger partial charge in [-0.3, -0.25) is 0 Å². The summed E-state index contributed by atoms with van der Waals surface area (Å²) in [6.07, 6.45) is 8.21. The Morgan fingerprint density at radius 2 is 2.06 bits per heavy atom. The predicted octanol–water partition coefficient (Wildman–Crippen LogP) is 2.13. The number of nitrogens with zero attached hydrogens (tertiary/aromatic N) is 2. The first-order valence-electron chi connectivity index (χ1n) is 5.92. The van der Waals surface area contributed by atoms with Crippen LogP contribution in [0.25, 0.3) is 0 Å². The van der Waals surface area contributed by atoms with E-state index in [1.807, 2.05) is 11.8 Å². The van der Waals surface area contributed by atoms with Gasteiger partial charge < -0.3 is 5.32 Å². The molecule has 0 spiro atoms. The number of hydrogen-bond acceptors (Lipinski definition) is 5. The molecule has 0 aliphatic heterocycles. The number of nitrogens with one attached hydrogen (secondary N) is 1. The number of rotatable bonds is 8. The van der Waals surface area contributed by atoms with Crippen molar-refractivity contribution in [3.05, 3.63) is 10.0 Å². The molecule has 0 aromatic carbocycles. The summed E-state index contributed by atoms with van der Waals surface area (Å²) in [7, 11) is 0. The summed E-state index contributed by atoms with van der Waals surface area (Å²) in [6.45, 7) is 1.13. The molecule has 1 saturated carbocycles. The molecular weight excluding hydrogens is 238 g/mol. The molecule has 0 amide bonds. The number of hydrogen-bond donors (Lipinski definition) is 1. The first-order valence-corrected chi connectivity index (χ1v) is 8.13. The normalized spacial score (nSPS) is 15.6. The molecule has 1 fully saturated rings. The van der Waals surface area contributed by atoms with Gasteiger partial charge in [0.05, 0.1) is 0 Å². The molecule has 3 nitrogen and oxygen atoms in total.